The molecule has 1 aliphatic carbocycles. The summed E-state index contributed by atoms with van der Waals surface area (Å²) in [5.41, 5.74) is 3.11. The van der Waals surface area contributed by atoms with Gasteiger partial charge in [0.25, 0.3) is 0 Å². The molecule has 4 nitrogen and oxygen atoms in total. The van der Waals surface area contributed by atoms with E-state index in [0.717, 1.165) is 28.4 Å². The predicted octanol–water partition coefficient (Wildman–Crippen LogP) is 3.13. The number of nitrogens with zero attached hydrogens (tertiary/aromatic N) is 2. The average Bonchev–Trinajstić information content (AvgIpc) is 3.26. The number of nitrogens with one attached hydrogen (secondary N) is 1. The van der Waals surface area contributed by atoms with E-state index in [9.17, 15) is 5.11 Å². The van der Waals surface area contributed by atoms with Crippen molar-refractivity contribution in [2.24, 2.45) is 0 Å². The van der Waals surface area contributed by atoms with Crippen LogP contribution in [0.1, 0.15) is 22.4 Å². The van der Waals surface area contributed by atoms with E-state index in [1.54, 1.807) is 17.5 Å². The van der Waals surface area contributed by atoms with E-state index in [1.807, 2.05) is 30.5 Å². The zero-order valence-electron chi connectivity index (χ0n) is 13.3. The van der Waals surface area contributed by atoms with Crippen molar-refractivity contribution in [2.45, 2.75) is 24.9 Å². The molecular formula is C19H19N3OS. The van der Waals surface area contributed by atoms with E-state index < -0.39 is 0 Å². The number of fused-ring (bicyclic) bond motifs is 1. The van der Waals surface area contributed by atoms with Crippen LogP contribution >= 0.6 is 11.3 Å². The number of hydrogen-bond donors (Lipinski definition) is 2. The van der Waals surface area contributed by atoms with Gasteiger partial charge in [0.15, 0.2) is 0 Å². The van der Waals surface area contributed by atoms with Crippen molar-refractivity contribution in [2.75, 3.05) is 6.61 Å². The van der Waals surface area contributed by atoms with Crippen LogP contribution in [0, 0.1) is 0 Å². The second kappa shape index (κ2) is 6.43. The molecule has 0 spiro atoms. The van der Waals surface area contributed by atoms with Crippen LogP contribution in [-0.4, -0.2) is 21.7 Å². The van der Waals surface area contributed by atoms with Gasteiger partial charge in [0.1, 0.15) is 5.01 Å². The van der Waals surface area contributed by atoms with Crippen molar-refractivity contribution in [1.82, 2.24) is 15.3 Å². The molecule has 5 heteroatoms. The van der Waals surface area contributed by atoms with Crippen LogP contribution in [0.2, 0.25) is 0 Å². The summed E-state index contributed by atoms with van der Waals surface area (Å²) in [5.74, 6) is 0. The van der Waals surface area contributed by atoms with Crippen LogP contribution in [0.15, 0.2) is 54.9 Å². The lowest BCUT2D eigenvalue weighted by Gasteiger charge is -2.29. The van der Waals surface area contributed by atoms with E-state index in [1.165, 1.54) is 11.1 Å². The van der Waals surface area contributed by atoms with Crippen LogP contribution in [0.25, 0.3) is 10.7 Å². The highest BCUT2D eigenvalue weighted by molar-refractivity contribution is 7.14. The zero-order valence-corrected chi connectivity index (χ0v) is 14.1. The van der Waals surface area contributed by atoms with E-state index in [0.29, 0.717) is 6.54 Å². The van der Waals surface area contributed by atoms with Crippen molar-refractivity contribution in [3.63, 3.8) is 0 Å². The molecule has 24 heavy (non-hydrogen) atoms. The van der Waals surface area contributed by atoms with Gasteiger partial charge in [-0.15, -0.1) is 11.3 Å². The van der Waals surface area contributed by atoms with Gasteiger partial charge in [0.2, 0.25) is 0 Å². The molecule has 2 heterocycles. The van der Waals surface area contributed by atoms with Crippen molar-refractivity contribution in [3.8, 4) is 10.7 Å². The summed E-state index contributed by atoms with van der Waals surface area (Å²) in [6.07, 6.45) is 5.61. The molecule has 1 unspecified atom stereocenters. The van der Waals surface area contributed by atoms with E-state index in [4.69, 9.17) is 0 Å². The van der Waals surface area contributed by atoms with E-state index >= 15 is 0 Å². The first-order valence-corrected chi connectivity index (χ1v) is 8.93. The summed E-state index contributed by atoms with van der Waals surface area (Å²) in [4.78, 5) is 9.97. The summed E-state index contributed by atoms with van der Waals surface area (Å²) in [6, 6.07) is 14.2. The Morgan fingerprint density at radius 2 is 2.00 bits per heavy atom. The smallest absolute Gasteiger partial charge is 0.142 e. The SMILES string of the molecule is OCC1(NCc2cnc(-c3ccccn3)s2)CCc2ccccc21. The van der Waals surface area contributed by atoms with Crippen LogP contribution in [0.4, 0.5) is 0 Å². The average molecular weight is 337 g/mol. The van der Waals surface area contributed by atoms with E-state index in [-0.39, 0.29) is 12.1 Å². The Morgan fingerprint density at radius 3 is 2.83 bits per heavy atom. The fourth-order valence-corrected chi connectivity index (χ4v) is 4.17. The first-order valence-electron chi connectivity index (χ1n) is 8.11. The van der Waals surface area contributed by atoms with Gasteiger partial charge in [-0.1, -0.05) is 30.3 Å². The Labute approximate surface area is 145 Å². The Hall–Kier alpha value is -2.08. The minimum Gasteiger partial charge on any atom is -0.394 e. The monoisotopic (exact) mass is 337 g/mol. The third-order valence-corrected chi connectivity index (χ3v) is 5.68. The van der Waals surface area contributed by atoms with Crippen LogP contribution < -0.4 is 5.32 Å². The number of aromatic nitrogens is 2. The van der Waals surface area contributed by atoms with E-state index in [2.05, 4.69) is 33.5 Å². The molecule has 122 valence electrons. The quantitative estimate of drug-likeness (QED) is 0.751. The van der Waals surface area contributed by atoms with Gasteiger partial charge in [0, 0.05) is 23.8 Å². The van der Waals surface area contributed by atoms with Gasteiger partial charge < -0.3 is 10.4 Å². The third-order valence-electron chi connectivity index (χ3n) is 4.66. The Balaban J connectivity index is 1.52. The molecule has 1 aliphatic rings. The van der Waals surface area contributed by atoms with Gasteiger partial charge in [-0.05, 0) is 36.1 Å². The number of aliphatic hydroxyl groups excluding tert-OH is 1. The van der Waals surface area contributed by atoms with Gasteiger partial charge in [0.05, 0.1) is 17.8 Å². The summed E-state index contributed by atoms with van der Waals surface area (Å²) in [6.45, 7) is 0.801. The van der Waals surface area contributed by atoms with Crippen LogP contribution in [0.5, 0.6) is 0 Å². The van der Waals surface area contributed by atoms with Gasteiger partial charge in [-0.25, -0.2) is 4.98 Å². The fraction of sp³-hybridized carbons (Fsp3) is 0.263. The van der Waals surface area contributed by atoms with Gasteiger partial charge >= 0.3 is 0 Å². The lowest BCUT2D eigenvalue weighted by molar-refractivity contribution is 0.159. The second-order valence-electron chi connectivity index (χ2n) is 6.10. The van der Waals surface area contributed by atoms with Crippen LogP contribution in [-0.2, 0) is 18.5 Å². The minimum absolute atomic E-state index is 0.107. The van der Waals surface area contributed by atoms with Crippen molar-refractivity contribution < 1.29 is 5.11 Å². The number of rotatable bonds is 5. The Kier molecular flexibility index (Phi) is 4.14. The summed E-state index contributed by atoms with van der Waals surface area (Å²) < 4.78 is 0. The Morgan fingerprint density at radius 1 is 1.12 bits per heavy atom. The maximum Gasteiger partial charge on any atom is 0.142 e. The molecule has 2 N–H and O–H groups in total. The third kappa shape index (κ3) is 2.75. The lowest BCUT2D eigenvalue weighted by atomic mass is 9.92. The van der Waals surface area contributed by atoms with Gasteiger partial charge in [-0.2, -0.15) is 0 Å². The minimum atomic E-state index is -0.342. The molecule has 1 atom stereocenters. The molecule has 0 amide bonds. The molecule has 0 radical (unpaired) electrons. The highest BCUT2D eigenvalue weighted by atomic mass is 32.1. The fourth-order valence-electron chi connectivity index (χ4n) is 3.34. The summed E-state index contributed by atoms with van der Waals surface area (Å²) in [7, 11) is 0. The number of benzene rings is 1. The normalized spacial score (nSPS) is 19.4. The molecule has 0 saturated carbocycles. The number of thiazole rings is 1. The molecule has 2 aromatic heterocycles. The highest BCUT2D eigenvalue weighted by Gasteiger charge is 2.37. The molecule has 0 aliphatic heterocycles. The predicted molar refractivity (Wildman–Crippen MR) is 95.7 cm³/mol. The highest BCUT2D eigenvalue weighted by Crippen LogP contribution is 2.37. The number of hydrogen-bond acceptors (Lipinski definition) is 5. The zero-order chi connectivity index (χ0) is 16.4. The lowest BCUT2D eigenvalue weighted by Crippen LogP contribution is -2.43. The first-order chi connectivity index (χ1) is 11.8. The van der Waals surface area contributed by atoms with Crippen molar-refractivity contribution >= 4 is 11.3 Å². The molecule has 4 rings (SSSR count). The number of aryl methyl sites for hydroxylation is 1. The summed E-state index contributed by atoms with van der Waals surface area (Å²) >= 11 is 1.64. The molecular weight excluding hydrogens is 318 g/mol. The molecule has 1 aromatic carbocycles. The van der Waals surface area contributed by atoms with Gasteiger partial charge in [-0.3, -0.25) is 4.98 Å². The first kappa shape index (κ1) is 15.4. The number of aliphatic hydroxyl groups is 1. The molecule has 3 aromatic rings. The largest absolute Gasteiger partial charge is 0.394 e. The summed E-state index contributed by atoms with van der Waals surface area (Å²) in [5, 5.41) is 14.5. The maximum absolute atomic E-state index is 10.0. The van der Waals surface area contributed by atoms with Crippen molar-refractivity contribution in [3.05, 3.63) is 70.9 Å². The maximum atomic E-state index is 10.0. The van der Waals surface area contributed by atoms with Crippen molar-refractivity contribution in [1.29, 1.82) is 0 Å². The number of pyridine rings is 1. The second-order valence-corrected chi connectivity index (χ2v) is 7.21. The molecule has 0 bridgehead atoms. The topological polar surface area (TPSA) is 58.0 Å². The van der Waals surface area contributed by atoms with Crippen LogP contribution in [0.3, 0.4) is 0 Å². The molecule has 0 fully saturated rings. The molecule has 0 saturated heterocycles. The Bertz CT molecular complexity index is 833. The standard InChI is InChI=1S/C19H19N3OS/c23-13-19(9-8-14-5-1-2-6-16(14)19)22-12-15-11-21-18(24-15)17-7-3-4-10-20-17/h1-7,10-11,22-23H,8-9,12-13H2.